The number of quaternary nitrogens is 1. The van der Waals surface area contributed by atoms with Crippen molar-refractivity contribution in [3.63, 3.8) is 0 Å². The molecule has 1 saturated heterocycles. The summed E-state index contributed by atoms with van der Waals surface area (Å²) in [4.78, 5) is 0. The SMILES string of the molecule is C[C@H]1C[C@H](OC[C@H](O)C[N+]2(Cc3ccccc3)CCOCC2)CC(C)(C)C1. The average Bonchev–Trinajstić information content (AvgIpc) is 2.60. The lowest BCUT2D eigenvalue weighted by Crippen LogP contribution is -2.58. The van der Waals surface area contributed by atoms with Crippen LogP contribution in [-0.4, -0.2) is 61.3 Å². The molecule has 2 fully saturated rings. The van der Waals surface area contributed by atoms with Crippen LogP contribution in [0.2, 0.25) is 0 Å². The Kier molecular flexibility index (Phi) is 6.96. The zero-order valence-electron chi connectivity index (χ0n) is 17.4. The molecule has 0 unspecified atom stereocenters. The third-order valence-electron chi connectivity index (χ3n) is 6.25. The smallest absolute Gasteiger partial charge is 0.126 e. The van der Waals surface area contributed by atoms with E-state index in [1.54, 1.807) is 0 Å². The van der Waals surface area contributed by atoms with Gasteiger partial charge in [-0.05, 0) is 30.6 Å². The Labute approximate surface area is 165 Å². The lowest BCUT2D eigenvalue weighted by atomic mass is 9.71. The first kappa shape index (κ1) is 20.8. The van der Waals surface area contributed by atoms with Gasteiger partial charge >= 0.3 is 0 Å². The van der Waals surface area contributed by atoms with Gasteiger partial charge in [-0.1, -0.05) is 51.1 Å². The van der Waals surface area contributed by atoms with Crippen LogP contribution in [0.5, 0.6) is 0 Å². The zero-order chi connectivity index (χ0) is 19.3. The topological polar surface area (TPSA) is 38.7 Å². The summed E-state index contributed by atoms with van der Waals surface area (Å²) in [7, 11) is 0. The number of benzene rings is 1. The predicted octanol–water partition coefficient (Wildman–Crippen LogP) is 3.63. The molecule has 27 heavy (non-hydrogen) atoms. The fourth-order valence-corrected chi connectivity index (χ4v) is 5.24. The molecule has 0 aromatic heterocycles. The molecule has 3 atom stereocenters. The highest BCUT2D eigenvalue weighted by Gasteiger charge is 2.35. The second-order valence-corrected chi connectivity index (χ2v) is 9.75. The van der Waals surface area contributed by atoms with Crippen LogP contribution in [0, 0.1) is 11.3 Å². The van der Waals surface area contributed by atoms with Gasteiger partial charge in [0, 0.05) is 5.56 Å². The van der Waals surface area contributed by atoms with E-state index in [0.29, 0.717) is 17.9 Å². The molecule has 4 heteroatoms. The molecule has 3 rings (SSSR count). The molecule has 1 aliphatic carbocycles. The Balaban J connectivity index is 1.55. The minimum absolute atomic E-state index is 0.283. The van der Waals surface area contributed by atoms with E-state index in [1.165, 1.54) is 12.0 Å². The molecule has 0 bridgehead atoms. The number of rotatable bonds is 7. The third-order valence-corrected chi connectivity index (χ3v) is 6.25. The maximum absolute atomic E-state index is 10.8. The van der Waals surface area contributed by atoms with Crippen LogP contribution in [0.25, 0.3) is 0 Å². The first-order chi connectivity index (χ1) is 12.9. The van der Waals surface area contributed by atoms with E-state index in [1.807, 2.05) is 0 Å². The van der Waals surface area contributed by atoms with E-state index >= 15 is 0 Å². The Morgan fingerprint density at radius 2 is 1.89 bits per heavy atom. The van der Waals surface area contributed by atoms with Crippen molar-refractivity contribution in [2.75, 3.05) is 39.5 Å². The average molecular weight is 377 g/mol. The van der Waals surface area contributed by atoms with Gasteiger partial charge in [-0.15, -0.1) is 0 Å². The Hall–Kier alpha value is -0.940. The number of hydrogen-bond acceptors (Lipinski definition) is 3. The van der Waals surface area contributed by atoms with Gasteiger partial charge in [-0.25, -0.2) is 0 Å². The van der Waals surface area contributed by atoms with Crippen molar-refractivity contribution in [2.45, 2.75) is 58.8 Å². The zero-order valence-corrected chi connectivity index (χ0v) is 17.4. The number of ether oxygens (including phenoxy) is 2. The maximum Gasteiger partial charge on any atom is 0.126 e. The summed E-state index contributed by atoms with van der Waals surface area (Å²) < 4.78 is 12.7. The van der Waals surface area contributed by atoms with Crippen molar-refractivity contribution in [1.29, 1.82) is 0 Å². The third kappa shape index (κ3) is 6.28. The first-order valence-electron chi connectivity index (χ1n) is 10.6. The molecule has 0 spiro atoms. The second-order valence-electron chi connectivity index (χ2n) is 9.75. The van der Waals surface area contributed by atoms with Gasteiger partial charge in [-0.3, -0.25) is 0 Å². The van der Waals surface area contributed by atoms with Gasteiger partial charge in [0.2, 0.25) is 0 Å². The van der Waals surface area contributed by atoms with Crippen LogP contribution in [0.4, 0.5) is 0 Å². The molecule has 0 amide bonds. The second kappa shape index (κ2) is 9.04. The summed E-state index contributed by atoms with van der Waals surface area (Å²) in [6.45, 7) is 12.6. The van der Waals surface area contributed by atoms with E-state index in [2.05, 4.69) is 51.1 Å². The summed E-state index contributed by atoms with van der Waals surface area (Å²) >= 11 is 0. The Bertz CT molecular complexity index is 568. The highest BCUT2D eigenvalue weighted by atomic mass is 16.5. The number of aliphatic hydroxyl groups is 1. The molecule has 1 aromatic rings. The Morgan fingerprint density at radius 1 is 1.19 bits per heavy atom. The van der Waals surface area contributed by atoms with Crippen molar-refractivity contribution in [3.05, 3.63) is 35.9 Å². The monoisotopic (exact) mass is 376 g/mol. The summed E-state index contributed by atoms with van der Waals surface area (Å²) in [5, 5.41) is 10.8. The maximum atomic E-state index is 10.8. The van der Waals surface area contributed by atoms with Crippen LogP contribution in [-0.2, 0) is 16.0 Å². The van der Waals surface area contributed by atoms with Gasteiger partial charge in [0.05, 0.1) is 25.9 Å². The van der Waals surface area contributed by atoms with E-state index in [-0.39, 0.29) is 6.10 Å². The first-order valence-corrected chi connectivity index (χ1v) is 10.6. The molecule has 1 aliphatic heterocycles. The molecule has 1 saturated carbocycles. The van der Waals surface area contributed by atoms with Gasteiger partial charge < -0.3 is 19.1 Å². The van der Waals surface area contributed by atoms with Crippen molar-refractivity contribution < 1.29 is 19.1 Å². The van der Waals surface area contributed by atoms with Crippen molar-refractivity contribution in [1.82, 2.24) is 0 Å². The molecule has 2 aliphatic rings. The minimum Gasteiger partial charge on any atom is -0.385 e. The molecule has 4 nitrogen and oxygen atoms in total. The van der Waals surface area contributed by atoms with Gasteiger partial charge in [0.25, 0.3) is 0 Å². The largest absolute Gasteiger partial charge is 0.385 e. The lowest BCUT2D eigenvalue weighted by molar-refractivity contribution is -0.950. The van der Waals surface area contributed by atoms with Crippen LogP contribution in [0.15, 0.2) is 30.3 Å². The Morgan fingerprint density at radius 3 is 2.56 bits per heavy atom. The molecule has 1 N–H and O–H groups in total. The number of nitrogens with zero attached hydrogens (tertiary/aromatic N) is 1. The fraction of sp³-hybridized carbons (Fsp3) is 0.739. The fourth-order valence-electron chi connectivity index (χ4n) is 5.24. The van der Waals surface area contributed by atoms with E-state index in [9.17, 15) is 5.11 Å². The number of hydrogen-bond donors (Lipinski definition) is 1. The summed E-state index contributed by atoms with van der Waals surface area (Å²) in [6.07, 6.45) is 3.35. The molecule has 1 aromatic carbocycles. The molecular formula is C23H38NO3+. The summed E-state index contributed by atoms with van der Waals surface area (Å²) in [5.74, 6) is 0.701. The highest BCUT2D eigenvalue weighted by molar-refractivity contribution is 5.13. The summed E-state index contributed by atoms with van der Waals surface area (Å²) in [5.41, 5.74) is 1.67. The van der Waals surface area contributed by atoms with E-state index < -0.39 is 6.10 Å². The van der Waals surface area contributed by atoms with Gasteiger partial charge in [-0.2, -0.15) is 0 Å². The van der Waals surface area contributed by atoms with Crippen LogP contribution >= 0.6 is 0 Å². The normalized spacial score (nSPS) is 28.6. The van der Waals surface area contributed by atoms with E-state index in [0.717, 1.165) is 56.7 Å². The van der Waals surface area contributed by atoms with E-state index in [4.69, 9.17) is 9.47 Å². The van der Waals surface area contributed by atoms with Crippen molar-refractivity contribution in [3.8, 4) is 0 Å². The molecular weight excluding hydrogens is 338 g/mol. The minimum atomic E-state index is -0.424. The lowest BCUT2D eigenvalue weighted by Gasteiger charge is -2.43. The highest BCUT2D eigenvalue weighted by Crippen LogP contribution is 2.39. The van der Waals surface area contributed by atoms with Gasteiger partial charge in [0.1, 0.15) is 32.3 Å². The summed E-state index contributed by atoms with van der Waals surface area (Å²) in [6, 6.07) is 10.6. The number of aliphatic hydroxyl groups excluding tert-OH is 1. The molecule has 0 radical (unpaired) electrons. The quantitative estimate of drug-likeness (QED) is 0.739. The molecule has 1 heterocycles. The van der Waals surface area contributed by atoms with Crippen molar-refractivity contribution in [2.24, 2.45) is 11.3 Å². The molecule has 152 valence electrons. The van der Waals surface area contributed by atoms with Crippen molar-refractivity contribution >= 4 is 0 Å². The predicted molar refractivity (Wildman–Crippen MR) is 108 cm³/mol. The van der Waals surface area contributed by atoms with Crippen LogP contribution < -0.4 is 0 Å². The standard InChI is InChI=1S/C23H38NO3/c1-19-13-22(15-23(2,3)14-19)27-18-21(25)17-24(9-11-26-12-10-24)16-20-7-5-4-6-8-20/h4-8,19,21-22,25H,9-18H2,1-3H3/q+1/t19-,21+,22-/m0/s1. The van der Waals surface area contributed by atoms with Crippen LogP contribution in [0.1, 0.15) is 45.6 Å². The van der Waals surface area contributed by atoms with Gasteiger partial charge in [0.15, 0.2) is 0 Å². The van der Waals surface area contributed by atoms with Crippen LogP contribution in [0.3, 0.4) is 0 Å². The number of morpholine rings is 1.